The molecule has 1 aromatic heterocycles. The highest BCUT2D eigenvalue weighted by Gasteiger charge is 2.43. The molecule has 1 spiro atoms. The molecule has 0 bridgehead atoms. The lowest BCUT2D eigenvalue weighted by molar-refractivity contribution is -0.136. The van der Waals surface area contributed by atoms with Crippen LogP contribution in [-0.2, 0) is 16.0 Å². The molecule has 2 aliphatic rings. The van der Waals surface area contributed by atoms with Gasteiger partial charge in [0.05, 0.1) is 18.1 Å². The first kappa shape index (κ1) is 21.6. The molecule has 0 radical (unpaired) electrons. The number of aromatic nitrogens is 1. The molecule has 0 aliphatic carbocycles. The molecule has 3 aromatic rings. The van der Waals surface area contributed by atoms with Gasteiger partial charge in [-0.2, -0.15) is 0 Å². The fraction of sp³-hybridized carbons (Fsp3) is 0.370. The monoisotopic (exact) mass is 443 g/mol. The minimum atomic E-state index is -0.172. The minimum Gasteiger partial charge on any atom is -0.370 e. The number of carbonyl (C=O) groups is 2. The van der Waals surface area contributed by atoms with E-state index >= 15 is 0 Å². The Hall–Kier alpha value is -3.25. The third-order valence-electron chi connectivity index (χ3n) is 6.92. The number of pyridine rings is 1. The van der Waals surface area contributed by atoms with E-state index in [1.54, 1.807) is 24.4 Å². The van der Waals surface area contributed by atoms with E-state index in [1.165, 1.54) is 10.8 Å². The molecule has 2 saturated heterocycles. The van der Waals surface area contributed by atoms with E-state index in [-0.39, 0.29) is 23.5 Å². The highest BCUT2D eigenvalue weighted by atomic mass is 16.5. The highest BCUT2D eigenvalue weighted by Crippen LogP contribution is 2.38. The molecule has 1 unspecified atom stereocenters. The Morgan fingerprint density at radius 2 is 1.79 bits per heavy atom. The third kappa shape index (κ3) is 4.91. The van der Waals surface area contributed by atoms with Crippen LogP contribution < -0.4 is 5.32 Å². The maximum Gasteiger partial charge on any atom is 0.269 e. The topological polar surface area (TPSA) is 71.5 Å². The van der Waals surface area contributed by atoms with Gasteiger partial charge in [-0.3, -0.25) is 14.6 Å². The van der Waals surface area contributed by atoms with Gasteiger partial charge in [-0.15, -0.1) is 0 Å². The molecule has 3 heterocycles. The van der Waals surface area contributed by atoms with Crippen LogP contribution in [0.2, 0.25) is 0 Å². The SMILES string of the molecule is O=C(NCC1CCC2(CCN(C(=O)Cc3ccc4ccccc4c3)CC2)O1)c1ccccn1. The van der Waals surface area contributed by atoms with Crippen LogP contribution in [-0.4, -0.2) is 53.0 Å². The Bertz CT molecular complexity index is 1140. The van der Waals surface area contributed by atoms with Gasteiger partial charge in [0.1, 0.15) is 5.69 Å². The summed E-state index contributed by atoms with van der Waals surface area (Å²) in [4.78, 5) is 31.2. The number of piperidine rings is 1. The van der Waals surface area contributed by atoms with Gasteiger partial charge < -0.3 is 15.0 Å². The molecule has 2 aromatic carbocycles. The molecular formula is C27H29N3O3. The van der Waals surface area contributed by atoms with Gasteiger partial charge in [-0.1, -0.05) is 48.5 Å². The zero-order chi connectivity index (χ0) is 22.7. The molecule has 33 heavy (non-hydrogen) atoms. The van der Waals surface area contributed by atoms with Crippen molar-refractivity contribution in [3.05, 3.63) is 78.1 Å². The third-order valence-corrected chi connectivity index (χ3v) is 6.92. The number of hydrogen-bond donors (Lipinski definition) is 1. The summed E-state index contributed by atoms with van der Waals surface area (Å²) < 4.78 is 6.40. The van der Waals surface area contributed by atoms with Gasteiger partial charge in [0.15, 0.2) is 0 Å². The van der Waals surface area contributed by atoms with Crippen LogP contribution in [0.25, 0.3) is 10.8 Å². The Labute approximate surface area is 194 Å². The van der Waals surface area contributed by atoms with Crippen LogP contribution in [0, 0.1) is 0 Å². The number of nitrogens with zero attached hydrogens (tertiary/aromatic N) is 2. The lowest BCUT2D eigenvalue weighted by atomic mass is 9.88. The van der Waals surface area contributed by atoms with E-state index in [0.29, 0.717) is 18.7 Å². The van der Waals surface area contributed by atoms with Crippen LogP contribution in [0.3, 0.4) is 0 Å². The summed E-state index contributed by atoms with van der Waals surface area (Å²) in [6.07, 6.45) is 5.66. The number of rotatable bonds is 5. The normalized spacial score (nSPS) is 19.6. The fourth-order valence-corrected chi connectivity index (χ4v) is 5.00. The van der Waals surface area contributed by atoms with E-state index in [0.717, 1.165) is 44.3 Å². The number of benzene rings is 2. The number of nitrogens with one attached hydrogen (secondary N) is 1. The average Bonchev–Trinajstić information content (AvgIpc) is 3.25. The summed E-state index contributed by atoms with van der Waals surface area (Å²) in [7, 11) is 0. The van der Waals surface area contributed by atoms with Gasteiger partial charge in [-0.25, -0.2) is 0 Å². The molecular weight excluding hydrogens is 414 g/mol. The zero-order valence-electron chi connectivity index (χ0n) is 18.7. The molecule has 1 N–H and O–H groups in total. The number of carbonyl (C=O) groups excluding carboxylic acids is 2. The van der Waals surface area contributed by atoms with E-state index < -0.39 is 0 Å². The van der Waals surface area contributed by atoms with Gasteiger partial charge in [0.2, 0.25) is 5.91 Å². The summed E-state index contributed by atoms with van der Waals surface area (Å²) in [5.41, 5.74) is 1.31. The van der Waals surface area contributed by atoms with Gasteiger partial charge >= 0.3 is 0 Å². The minimum absolute atomic E-state index is 0.0116. The first-order valence-electron chi connectivity index (χ1n) is 11.7. The number of hydrogen-bond acceptors (Lipinski definition) is 4. The van der Waals surface area contributed by atoms with Crippen molar-refractivity contribution in [2.24, 2.45) is 0 Å². The summed E-state index contributed by atoms with van der Waals surface area (Å²) >= 11 is 0. The maximum absolute atomic E-state index is 12.9. The Kier molecular flexibility index (Phi) is 6.09. The van der Waals surface area contributed by atoms with Crippen LogP contribution >= 0.6 is 0 Å². The van der Waals surface area contributed by atoms with E-state index in [2.05, 4.69) is 40.6 Å². The van der Waals surface area contributed by atoms with Gasteiger partial charge in [0, 0.05) is 25.8 Å². The standard InChI is InChI=1S/C27H29N3O3/c31-25(18-20-8-9-21-5-1-2-6-22(21)17-20)30-15-12-27(13-16-30)11-10-23(33-27)19-29-26(32)24-7-3-4-14-28-24/h1-9,14,17,23H,10-13,15-16,18-19H2,(H,29,32). The predicted octanol–water partition coefficient (Wildman–Crippen LogP) is 3.75. The van der Waals surface area contributed by atoms with Gasteiger partial charge in [0.25, 0.3) is 5.91 Å². The smallest absolute Gasteiger partial charge is 0.269 e. The van der Waals surface area contributed by atoms with Crippen molar-refractivity contribution in [2.45, 2.75) is 43.8 Å². The lowest BCUT2D eigenvalue weighted by Gasteiger charge is -2.39. The van der Waals surface area contributed by atoms with Crippen LogP contribution in [0.15, 0.2) is 66.9 Å². The van der Waals surface area contributed by atoms with Crippen molar-refractivity contribution < 1.29 is 14.3 Å². The Morgan fingerprint density at radius 1 is 1.00 bits per heavy atom. The fourth-order valence-electron chi connectivity index (χ4n) is 5.00. The quantitative estimate of drug-likeness (QED) is 0.652. The number of amides is 2. The second-order valence-corrected chi connectivity index (χ2v) is 9.13. The number of likely N-dealkylation sites (tertiary alicyclic amines) is 1. The van der Waals surface area contributed by atoms with Crippen LogP contribution in [0.4, 0.5) is 0 Å². The second-order valence-electron chi connectivity index (χ2n) is 9.13. The number of fused-ring (bicyclic) bond motifs is 1. The van der Waals surface area contributed by atoms with Gasteiger partial charge in [-0.05, 0) is 54.2 Å². The molecule has 2 aliphatic heterocycles. The summed E-state index contributed by atoms with van der Waals surface area (Å²) in [6.45, 7) is 1.93. The summed E-state index contributed by atoms with van der Waals surface area (Å²) in [5.74, 6) is 0.00607. The Morgan fingerprint density at radius 3 is 2.58 bits per heavy atom. The Balaban J connectivity index is 1.10. The maximum atomic E-state index is 12.9. The van der Waals surface area contributed by atoms with Crippen molar-refractivity contribution in [2.75, 3.05) is 19.6 Å². The van der Waals surface area contributed by atoms with Crippen molar-refractivity contribution in [1.82, 2.24) is 15.2 Å². The lowest BCUT2D eigenvalue weighted by Crippen LogP contribution is -2.47. The van der Waals surface area contributed by atoms with E-state index in [9.17, 15) is 9.59 Å². The molecule has 1 atom stereocenters. The molecule has 170 valence electrons. The van der Waals surface area contributed by atoms with E-state index in [1.807, 2.05) is 17.0 Å². The van der Waals surface area contributed by atoms with Crippen molar-refractivity contribution in [1.29, 1.82) is 0 Å². The van der Waals surface area contributed by atoms with Crippen molar-refractivity contribution in [3.63, 3.8) is 0 Å². The number of ether oxygens (including phenoxy) is 1. The first-order valence-corrected chi connectivity index (χ1v) is 11.7. The molecule has 2 amide bonds. The van der Waals surface area contributed by atoms with E-state index in [4.69, 9.17) is 4.74 Å². The largest absolute Gasteiger partial charge is 0.370 e. The molecule has 0 saturated carbocycles. The van der Waals surface area contributed by atoms with Crippen LogP contribution in [0.5, 0.6) is 0 Å². The highest BCUT2D eigenvalue weighted by molar-refractivity contribution is 5.92. The summed E-state index contributed by atoms with van der Waals surface area (Å²) in [6, 6.07) is 19.8. The predicted molar refractivity (Wildman–Crippen MR) is 127 cm³/mol. The summed E-state index contributed by atoms with van der Waals surface area (Å²) in [5, 5.41) is 5.30. The van der Waals surface area contributed by atoms with Crippen molar-refractivity contribution >= 4 is 22.6 Å². The molecule has 6 nitrogen and oxygen atoms in total. The molecule has 2 fully saturated rings. The van der Waals surface area contributed by atoms with Crippen molar-refractivity contribution in [3.8, 4) is 0 Å². The molecule has 5 rings (SSSR count). The molecule has 6 heteroatoms. The average molecular weight is 444 g/mol. The second kappa shape index (κ2) is 9.32. The zero-order valence-corrected chi connectivity index (χ0v) is 18.7. The first-order chi connectivity index (χ1) is 16.1. The van der Waals surface area contributed by atoms with Crippen LogP contribution in [0.1, 0.15) is 41.7 Å².